The molecule has 0 atom stereocenters. The predicted molar refractivity (Wildman–Crippen MR) is 66.7 cm³/mol. The smallest absolute Gasteiger partial charge is 0.131 e. The second-order valence-electron chi connectivity index (χ2n) is 4.61. The molecule has 0 aromatic heterocycles. The molecule has 0 saturated carbocycles. The SMILES string of the molecule is CON=C1CCOc2c1ccc1c2CCCC1. The van der Waals surface area contributed by atoms with Gasteiger partial charge in [-0.3, -0.25) is 0 Å². The summed E-state index contributed by atoms with van der Waals surface area (Å²) in [6.45, 7) is 0.714. The second-order valence-corrected chi connectivity index (χ2v) is 4.61. The van der Waals surface area contributed by atoms with Gasteiger partial charge in [0.15, 0.2) is 0 Å². The lowest BCUT2D eigenvalue weighted by molar-refractivity contribution is 0.210. The monoisotopic (exact) mass is 231 g/mol. The molecule has 0 N–H and O–H groups in total. The summed E-state index contributed by atoms with van der Waals surface area (Å²) < 4.78 is 5.86. The zero-order valence-electron chi connectivity index (χ0n) is 10.2. The molecular weight excluding hydrogens is 214 g/mol. The van der Waals surface area contributed by atoms with Crippen LogP contribution in [0.3, 0.4) is 0 Å². The lowest BCUT2D eigenvalue weighted by Gasteiger charge is -2.25. The molecule has 3 heteroatoms. The molecule has 1 aromatic rings. The second kappa shape index (κ2) is 4.40. The summed E-state index contributed by atoms with van der Waals surface area (Å²) >= 11 is 0. The van der Waals surface area contributed by atoms with Crippen LogP contribution in [0.1, 0.15) is 36.0 Å². The molecule has 1 aromatic carbocycles. The normalized spacial score (nSPS) is 20.4. The Bertz CT molecular complexity index is 466. The van der Waals surface area contributed by atoms with E-state index in [-0.39, 0.29) is 0 Å². The number of aryl methyl sites for hydroxylation is 1. The van der Waals surface area contributed by atoms with E-state index in [1.54, 1.807) is 7.11 Å². The standard InChI is InChI=1S/C14H17NO2/c1-16-15-13-8-9-17-14-11-5-3-2-4-10(11)6-7-12(13)14/h6-7H,2-5,8-9H2,1H3. The summed E-state index contributed by atoms with van der Waals surface area (Å²) in [5.74, 6) is 1.06. The Balaban J connectivity index is 2.11. The summed E-state index contributed by atoms with van der Waals surface area (Å²) in [7, 11) is 1.60. The first-order valence-electron chi connectivity index (χ1n) is 6.28. The van der Waals surface area contributed by atoms with E-state index in [0.717, 1.165) is 29.9 Å². The number of nitrogens with zero attached hydrogens (tertiary/aromatic N) is 1. The van der Waals surface area contributed by atoms with Crippen molar-refractivity contribution in [2.45, 2.75) is 32.1 Å². The molecule has 1 aliphatic carbocycles. The fourth-order valence-corrected chi connectivity index (χ4v) is 2.78. The third-order valence-corrected chi connectivity index (χ3v) is 3.58. The Morgan fingerprint density at radius 2 is 2.06 bits per heavy atom. The lowest BCUT2D eigenvalue weighted by atomic mass is 9.87. The Labute approximate surface area is 101 Å². The van der Waals surface area contributed by atoms with E-state index in [2.05, 4.69) is 17.3 Å². The maximum atomic E-state index is 5.86. The van der Waals surface area contributed by atoms with Crippen LogP contribution in [0.5, 0.6) is 5.75 Å². The zero-order chi connectivity index (χ0) is 11.7. The quantitative estimate of drug-likeness (QED) is 0.696. The van der Waals surface area contributed by atoms with Crippen molar-refractivity contribution in [3.63, 3.8) is 0 Å². The molecule has 1 heterocycles. The maximum absolute atomic E-state index is 5.86. The molecule has 0 fully saturated rings. The van der Waals surface area contributed by atoms with Crippen molar-refractivity contribution >= 4 is 5.71 Å². The molecule has 0 spiro atoms. The van der Waals surface area contributed by atoms with Crippen molar-refractivity contribution in [1.29, 1.82) is 0 Å². The third-order valence-electron chi connectivity index (χ3n) is 3.58. The maximum Gasteiger partial charge on any atom is 0.131 e. The van der Waals surface area contributed by atoms with Crippen LogP contribution in [0.4, 0.5) is 0 Å². The number of oxime groups is 1. The fourth-order valence-electron chi connectivity index (χ4n) is 2.78. The van der Waals surface area contributed by atoms with Crippen LogP contribution in [-0.2, 0) is 17.7 Å². The van der Waals surface area contributed by atoms with Crippen molar-refractivity contribution in [2.75, 3.05) is 13.7 Å². The van der Waals surface area contributed by atoms with E-state index in [1.165, 1.54) is 30.4 Å². The topological polar surface area (TPSA) is 30.8 Å². The van der Waals surface area contributed by atoms with Gasteiger partial charge in [-0.2, -0.15) is 0 Å². The molecule has 17 heavy (non-hydrogen) atoms. The third kappa shape index (κ3) is 1.79. The number of benzene rings is 1. The number of ether oxygens (including phenoxy) is 1. The van der Waals surface area contributed by atoms with Gasteiger partial charge in [0.2, 0.25) is 0 Å². The Kier molecular flexibility index (Phi) is 2.75. The molecule has 90 valence electrons. The van der Waals surface area contributed by atoms with E-state index >= 15 is 0 Å². The van der Waals surface area contributed by atoms with Gasteiger partial charge in [0.1, 0.15) is 12.9 Å². The molecule has 0 amide bonds. The molecule has 2 aliphatic rings. The largest absolute Gasteiger partial charge is 0.492 e. The van der Waals surface area contributed by atoms with E-state index in [4.69, 9.17) is 9.57 Å². The average molecular weight is 231 g/mol. The first-order valence-corrected chi connectivity index (χ1v) is 6.28. The molecule has 3 rings (SSSR count). The average Bonchev–Trinajstić information content (AvgIpc) is 2.39. The van der Waals surface area contributed by atoms with Crippen LogP contribution >= 0.6 is 0 Å². The number of fused-ring (bicyclic) bond motifs is 3. The van der Waals surface area contributed by atoms with Crippen molar-refractivity contribution in [1.82, 2.24) is 0 Å². The minimum atomic E-state index is 0.714. The molecule has 3 nitrogen and oxygen atoms in total. The van der Waals surface area contributed by atoms with Crippen molar-refractivity contribution < 1.29 is 9.57 Å². The fraction of sp³-hybridized carbons (Fsp3) is 0.500. The van der Waals surface area contributed by atoms with Crippen LogP contribution in [0, 0.1) is 0 Å². The molecule has 1 aliphatic heterocycles. The van der Waals surface area contributed by atoms with Crippen LogP contribution in [-0.4, -0.2) is 19.4 Å². The lowest BCUT2D eigenvalue weighted by Crippen LogP contribution is -2.19. The Hall–Kier alpha value is -1.51. The van der Waals surface area contributed by atoms with Gasteiger partial charge in [0.25, 0.3) is 0 Å². The van der Waals surface area contributed by atoms with Crippen LogP contribution in [0.25, 0.3) is 0 Å². The van der Waals surface area contributed by atoms with Crippen LogP contribution < -0.4 is 4.74 Å². The summed E-state index contributed by atoms with van der Waals surface area (Å²) in [5, 5.41) is 4.11. The van der Waals surface area contributed by atoms with Gasteiger partial charge in [0, 0.05) is 12.0 Å². The minimum absolute atomic E-state index is 0.714. The highest BCUT2D eigenvalue weighted by molar-refractivity contribution is 6.04. The molecule has 0 saturated heterocycles. The van der Waals surface area contributed by atoms with Gasteiger partial charge < -0.3 is 9.57 Å². The van der Waals surface area contributed by atoms with Gasteiger partial charge in [-0.15, -0.1) is 0 Å². The first kappa shape index (κ1) is 10.6. The van der Waals surface area contributed by atoms with Crippen LogP contribution in [0.2, 0.25) is 0 Å². The molecular formula is C14H17NO2. The number of hydrogen-bond donors (Lipinski definition) is 0. The zero-order valence-corrected chi connectivity index (χ0v) is 10.2. The van der Waals surface area contributed by atoms with Crippen molar-refractivity contribution in [3.05, 3.63) is 28.8 Å². The summed E-state index contributed by atoms with van der Waals surface area (Å²) in [6.07, 6.45) is 5.72. The van der Waals surface area contributed by atoms with E-state index in [1.807, 2.05) is 0 Å². The van der Waals surface area contributed by atoms with Crippen LogP contribution in [0.15, 0.2) is 17.3 Å². The minimum Gasteiger partial charge on any atom is -0.492 e. The summed E-state index contributed by atoms with van der Waals surface area (Å²) in [6, 6.07) is 4.36. The Morgan fingerprint density at radius 3 is 2.94 bits per heavy atom. The van der Waals surface area contributed by atoms with E-state index in [0.29, 0.717) is 6.61 Å². The van der Waals surface area contributed by atoms with Crippen molar-refractivity contribution in [2.24, 2.45) is 5.16 Å². The summed E-state index contributed by atoms with van der Waals surface area (Å²) in [5.41, 5.74) is 4.99. The van der Waals surface area contributed by atoms with Gasteiger partial charge in [-0.25, -0.2) is 0 Å². The first-order chi connectivity index (χ1) is 8.40. The highest BCUT2D eigenvalue weighted by Crippen LogP contribution is 2.35. The number of rotatable bonds is 1. The van der Waals surface area contributed by atoms with Gasteiger partial charge >= 0.3 is 0 Å². The molecule has 0 radical (unpaired) electrons. The molecule has 0 bridgehead atoms. The van der Waals surface area contributed by atoms with Gasteiger partial charge in [-0.1, -0.05) is 11.2 Å². The highest BCUT2D eigenvalue weighted by Gasteiger charge is 2.23. The van der Waals surface area contributed by atoms with Crippen molar-refractivity contribution in [3.8, 4) is 5.75 Å². The highest BCUT2D eigenvalue weighted by atomic mass is 16.6. The predicted octanol–water partition coefficient (Wildman–Crippen LogP) is 2.70. The molecule has 0 unspecified atom stereocenters. The Morgan fingerprint density at radius 1 is 1.18 bits per heavy atom. The van der Waals surface area contributed by atoms with Gasteiger partial charge in [0.05, 0.1) is 12.3 Å². The number of hydrogen-bond acceptors (Lipinski definition) is 3. The van der Waals surface area contributed by atoms with Gasteiger partial charge in [-0.05, 0) is 42.9 Å². The van der Waals surface area contributed by atoms with E-state index in [9.17, 15) is 0 Å². The summed E-state index contributed by atoms with van der Waals surface area (Å²) in [4.78, 5) is 4.91. The van der Waals surface area contributed by atoms with E-state index < -0.39 is 0 Å².